The van der Waals surface area contributed by atoms with Crippen LogP contribution in [0.25, 0.3) is 10.9 Å². The van der Waals surface area contributed by atoms with E-state index in [1.807, 2.05) is 11.7 Å². The fourth-order valence-electron chi connectivity index (χ4n) is 2.56. The summed E-state index contributed by atoms with van der Waals surface area (Å²) in [6, 6.07) is 8.48. The predicted octanol–water partition coefficient (Wildman–Crippen LogP) is 2.17. The summed E-state index contributed by atoms with van der Waals surface area (Å²) in [6.07, 6.45) is 2.68. The number of fused-ring (bicyclic) bond motifs is 1. The van der Waals surface area contributed by atoms with E-state index >= 15 is 0 Å². The van der Waals surface area contributed by atoms with E-state index in [1.54, 1.807) is 0 Å². The van der Waals surface area contributed by atoms with Crippen molar-refractivity contribution < 1.29 is 0 Å². The second kappa shape index (κ2) is 3.91. The zero-order valence-electron chi connectivity index (χ0n) is 9.69. The maximum Gasteiger partial charge on any atom is 0.0843 e. The monoisotopic (exact) mass is 215 g/mol. The Bertz CT molecular complexity index is 495. The van der Waals surface area contributed by atoms with Crippen molar-refractivity contribution in [3.8, 4) is 0 Å². The molecule has 1 aliphatic heterocycles. The van der Waals surface area contributed by atoms with Gasteiger partial charge in [0.1, 0.15) is 0 Å². The smallest absolute Gasteiger partial charge is 0.0843 e. The molecule has 0 amide bonds. The van der Waals surface area contributed by atoms with Crippen LogP contribution in [0.2, 0.25) is 0 Å². The standard InChI is InChI=1S/C13H17N3/c1-15-13-7-3-2-6-11(13)12(14-15)10-16-8-4-5-9-16/h2-3,6-7H,4-5,8-10H2,1H3. The lowest BCUT2D eigenvalue weighted by Gasteiger charge is -2.12. The molecule has 0 bridgehead atoms. The second-order valence-corrected chi connectivity index (χ2v) is 4.57. The number of aryl methyl sites for hydroxylation is 1. The third-order valence-electron chi connectivity index (χ3n) is 3.41. The van der Waals surface area contributed by atoms with Gasteiger partial charge in [-0.05, 0) is 32.0 Å². The Kier molecular flexibility index (Phi) is 2.40. The molecule has 1 aliphatic rings. The molecule has 0 atom stereocenters. The molecule has 3 rings (SSSR count). The molecule has 84 valence electrons. The van der Waals surface area contributed by atoms with E-state index < -0.39 is 0 Å². The first-order chi connectivity index (χ1) is 7.84. The Morgan fingerprint density at radius 2 is 1.94 bits per heavy atom. The van der Waals surface area contributed by atoms with Crippen molar-refractivity contribution in [2.75, 3.05) is 13.1 Å². The quantitative estimate of drug-likeness (QED) is 0.765. The van der Waals surface area contributed by atoms with Gasteiger partial charge in [0.15, 0.2) is 0 Å². The summed E-state index contributed by atoms with van der Waals surface area (Å²) in [4.78, 5) is 2.49. The Hall–Kier alpha value is -1.35. The Balaban J connectivity index is 1.96. The summed E-state index contributed by atoms with van der Waals surface area (Å²) in [5, 5.41) is 5.93. The first-order valence-corrected chi connectivity index (χ1v) is 5.97. The molecular weight excluding hydrogens is 198 g/mol. The maximum absolute atomic E-state index is 4.63. The van der Waals surface area contributed by atoms with Gasteiger partial charge in [0.2, 0.25) is 0 Å². The molecule has 1 aromatic carbocycles. The van der Waals surface area contributed by atoms with Crippen molar-refractivity contribution in [2.24, 2.45) is 7.05 Å². The molecule has 3 heteroatoms. The number of para-hydroxylation sites is 1. The van der Waals surface area contributed by atoms with Crippen molar-refractivity contribution in [1.82, 2.24) is 14.7 Å². The van der Waals surface area contributed by atoms with Crippen LogP contribution in [0.3, 0.4) is 0 Å². The van der Waals surface area contributed by atoms with Gasteiger partial charge in [-0.25, -0.2) is 0 Å². The van der Waals surface area contributed by atoms with E-state index in [-0.39, 0.29) is 0 Å². The van der Waals surface area contributed by atoms with Crippen LogP contribution in [0.5, 0.6) is 0 Å². The molecule has 0 unspecified atom stereocenters. The average Bonchev–Trinajstić information content (AvgIpc) is 2.90. The topological polar surface area (TPSA) is 21.1 Å². The summed E-state index contributed by atoms with van der Waals surface area (Å²) < 4.78 is 1.99. The molecule has 0 radical (unpaired) electrons. The first kappa shape index (κ1) is 9.85. The van der Waals surface area contributed by atoms with Crippen LogP contribution in [0.15, 0.2) is 24.3 Å². The zero-order valence-corrected chi connectivity index (χ0v) is 9.69. The van der Waals surface area contributed by atoms with Gasteiger partial charge in [-0.1, -0.05) is 18.2 Å². The summed E-state index contributed by atoms with van der Waals surface area (Å²) in [5.41, 5.74) is 2.46. The van der Waals surface area contributed by atoms with Crippen molar-refractivity contribution in [1.29, 1.82) is 0 Å². The van der Waals surface area contributed by atoms with Gasteiger partial charge < -0.3 is 0 Å². The lowest BCUT2D eigenvalue weighted by atomic mass is 10.2. The molecule has 1 saturated heterocycles. The molecule has 16 heavy (non-hydrogen) atoms. The summed E-state index contributed by atoms with van der Waals surface area (Å²) >= 11 is 0. The molecule has 1 aromatic heterocycles. The maximum atomic E-state index is 4.63. The second-order valence-electron chi connectivity index (χ2n) is 4.57. The number of nitrogens with zero attached hydrogens (tertiary/aromatic N) is 3. The van der Waals surface area contributed by atoms with Crippen LogP contribution in [0.4, 0.5) is 0 Å². The van der Waals surface area contributed by atoms with E-state index in [1.165, 1.54) is 42.5 Å². The van der Waals surface area contributed by atoms with E-state index in [0.717, 1.165) is 6.54 Å². The minimum absolute atomic E-state index is 1.00. The van der Waals surface area contributed by atoms with Crippen molar-refractivity contribution >= 4 is 10.9 Å². The average molecular weight is 215 g/mol. The fourth-order valence-corrected chi connectivity index (χ4v) is 2.56. The van der Waals surface area contributed by atoms with Crippen LogP contribution >= 0.6 is 0 Å². The van der Waals surface area contributed by atoms with Gasteiger partial charge in [-0.2, -0.15) is 5.10 Å². The first-order valence-electron chi connectivity index (χ1n) is 5.97. The number of likely N-dealkylation sites (tertiary alicyclic amines) is 1. The van der Waals surface area contributed by atoms with Gasteiger partial charge in [0.05, 0.1) is 11.2 Å². The predicted molar refractivity (Wildman–Crippen MR) is 65.2 cm³/mol. The Labute approximate surface area is 95.7 Å². The summed E-state index contributed by atoms with van der Waals surface area (Å²) in [6.45, 7) is 3.46. The van der Waals surface area contributed by atoms with Crippen LogP contribution in [-0.4, -0.2) is 27.8 Å². The molecule has 0 N–H and O–H groups in total. The number of benzene rings is 1. The van der Waals surface area contributed by atoms with Crippen molar-refractivity contribution in [2.45, 2.75) is 19.4 Å². The van der Waals surface area contributed by atoms with Gasteiger partial charge in [0.25, 0.3) is 0 Å². The number of aromatic nitrogens is 2. The largest absolute Gasteiger partial charge is 0.297 e. The van der Waals surface area contributed by atoms with Gasteiger partial charge >= 0.3 is 0 Å². The minimum atomic E-state index is 1.00. The normalized spacial score (nSPS) is 17.3. The van der Waals surface area contributed by atoms with E-state index in [2.05, 4.69) is 34.3 Å². The summed E-state index contributed by atoms with van der Waals surface area (Å²) in [7, 11) is 2.02. The lowest BCUT2D eigenvalue weighted by molar-refractivity contribution is 0.327. The molecule has 1 fully saturated rings. The highest BCUT2D eigenvalue weighted by atomic mass is 15.3. The highest BCUT2D eigenvalue weighted by molar-refractivity contribution is 5.81. The molecule has 2 aromatic rings. The van der Waals surface area contributed by atoms with Gasteiger partial charge in [0, 0.05) is 19.0 Å². The van der Waals surface area contributed by atoms with Gasteiger partial charge in [-0.3, -0.25) is 9.58 Å². The van der Waals surface area contributed by atoms with E-state index in [9.17, 15) is 0 Å². The molecule has 3 nitrogen and oxygen atoms in total. The van der Waals surface area contributed by atoms with Crippen molar-refractivity contribution in [3.05, 3.63) is 30.0 Å². The molecule has 2 heterocycles. The molecular formula is C13H17N3. The van der Waals surface area contributed by atoms with E-state index in [4.69, 9.17) is 0 Å². The van der Waals surface area contributed by atoms with Crippen LogP contribution < -0.4 is 0 Å². The SMILES string of the molecule is Cn1nc(CN2CCCC2)c2ccccc21. The molecule has 0 saturated carbocycles. The van der Waals surface area contributed by atoms with Crippen LogP contribution in [0, 0.1) is 0 Å². The minimum Gasteiger partial charge on any atom is -0.297 e. The Morgan fingerprint density at radius 3 is 2.75 bits per heavy atom. The van der Waals surface area contributed by atoms with Crippen molar-refractivity contribution in [3.63, 3.8) is 0 Å². The van der Waals surface area contributed by atoms with Gasteiger partial charge in [-0.15, -0.1) is 0 Å². The number of rotatable bonds is 2. The highest BCUT2D eigenvalue weighted by Gasteiger charge is 2.15. The zero-order chi connectivity index (χ0) is 11.0. The highest BCUT2D eigenvalue weighted by Crippen LogP contribution is 2.20. The number of hydrogen-bond donors (Lipinski definition) is 0. The Morgan fingerprint density at radius 1 is 1.19 bits per heavy atom. The third kappa shape index (κ3) is 1.61. The summed E-state index contributed by atoms with van der Waals surface area (Å²) in [5.74, 6) is 0. The number of hydrogen-bond acceptors (Lipinski definition) is 2. The molecule has 0 spiro atoms. The lowest BCUT2D eigenvalue weighted by Crippen LogP contribution is -2.18. The van der Waals surface area contributed by atoms with E-state index in [0.29, 0.717) is 0 Å². The van der Waals surface area contributed by atoms with Crippen LogP contribution in [-0.2, 0) is 13.6 Å². The fraction of sp³-hybridized carbons (Fsp3) is 0.462. The van der Waals surface area contributed by atoms with Crippen LogP contribution in [0.1, 0.15) is 18.5 Å². The molecule has 0 aliphatic carbocycles. The third-order valence-corrected chi connectivity index (χ3v) is 3.41.